The van der Waals surface area contributed by atoms with Crippen molar-refractivity contribution in [2.45, 2.75) is 12.8 Å². The second kappa shape index (κ2) is 4.31. The molecule has 0 fully saturated rings. The molecule has 1 aromatic heterocycles. The minimum Gasteiger partial charge on any atom is -0.396 e. The Labute approximate surface area is 93.9 Å². The molecule has 0 saturated heterocycles. The summed E-state index contributed by atoms with van der Waals surface area (Å²) in [5.41, 5.74) is 7.89. The standard InChI is InChI=1S/C13H13FN2/c1-9(10-4-6-16-7-5-10)11-2-3-12(14)13(15)8-11/h2-9H,15H2,1H3. The molecule has 3 heteroatoms. The first kappa shape index (κ1) is 10.6. The molecule has 0 aliphatic rings. The molecule has 2 aromatic rings. The van der Waals surface area contributed by atoms with Gasteiger partial charge in [-0.15, -0.1) is 0 Å². The molecule has 1 heterocycles. The van der Waals surface area contributed by atoms with Crippen LogP contribution in [0.1, 0.15) is 24.0 Å². The van der Waals surface area contributed by atoms with Crippen molar-refractivity contribution in [1.82, 2.24) is 4.98 Å². The van der Waals surface area contributed by atoms with Gasteiger partial charge in [-0.2, -0.15) is 0 Å². The number of hydrogen-bond donors (Lipinski definition) is 1. The quantitative estimate of drug-likeness (QED) is 0.784. The highest BCUT2D eigenvalue weighted by atomic mass is 19.1. The fourth-order valence-electron chi connectivity index (χ4n) is 1.68. The molecular weight excluding hydrogens is 203 g/mol. The SMILES string of the molecule is CC(c1ccncc1)c1ccc(F)c(N)c1. The zero-order chi connectivity index (χ0) is 11.5. The van der Waals surface area contributed by atoms with Crippen LogP contribution in [0.4, 0.5) is 10.1 Å². The van der Waals surface area contributed by atoms with Crippen molar-refractivity contribution in [3.8, 4) is 0 Å². The van der Waals surface area contributed by atoms with Gasteiger partial charge >= 0.3 is 0 Å². The van der Waals surface area contributed by atoms with Crippen LogP contribution in [-0.4, -0.2) is 4.98 Å². The van der Waals surface area contributed by atoms with Crippen LogP contribution in [0.3, 0.4) is 0 Å². The normalized spacial score (nSPS) is 12.4. The van der Waals surface area contributed by atoms with Crippen molar-refractivity contribution in [2.24, 2.45) is 0 Å². The van der Waals surface area contributed by atoms with Gasteiger partial charge in [0.15, 0.2) is 0 Å². The molecule has 2 nitrogen and oxygen atoms in total. The van der Waals surface area contributed by atoms with E-state index in [-0.39, 0.29) is 17.4 Å². The van der Waals surface area contributed by atoms with Gasteiger partial charge < -0.3 is 5.73 Å². The Kier molecular flexibility index (Phi) is 2.86. The summed E-state index contributed by atoms with van der Waals surface area (Å²) in [5.74, 6) is -0.184. The van der Waals surface area contributed by atoms with E-state index in [9.17, 15) is 4.39 Å². The fraction of sp³-hybridized carbons (Fsp3) is 0.154. The number of pyridine rings is 1. The van der Waals surface area contributed by atoms with Crippen molar-refractivity contribution >= 4 is 5.69 Å². The maximum atomic E-state index is 13.0. The van der Waals surface area contributed by atoms with Gasteiger partial charge in [0.25, 0.3) is 0 Å². The third kappa shape index (κ3) is 2.03. The molecule has 1 atom stereocenters. The average Bonchev–Trinajstić information content (AvgIpc) is 2.33. The Morgan fingerprint density at radius 1 is 1.12 bits per heavy atom. The highest BCUT2D eigenvalue weighted by molar-refractivity contribution is 5.45. The van der Waals surface area contributed by atoms with E-state index in [4.69, 9.17) is 5.73 Å². The second-order valence-corrected chi connectivity index (χ2v) is 3.78. The van der Waals surface area contributed by atoms with Crippen molar-refractivity contribution in [2.75, 3.05) is 5.73 Å². The Morgan fingerprint density at radius 3 is 2.44 bits per heavy atom. The Bertz CT molecular complexity index is 483. The van der Waals surface area contributed by atoms with Gasteiger partial charge in [-0.25, -0.2) is 4.39 Å². The molecule has 2 N–H and O–H groups in total. The molecule has 0 saturated carbocycles. The average molecular weight is 216 g/mol. The number of hydrogen-bond acceptors (Lipinski definition) is 2. The smallest absolute Gasteiger partial charge is 0.146 e. The van der Waals surface area contributed by atoms with Gasteiger partial charge in [0.1, 0.15) is 5.82 Å². The molecule has 82 valence electrons. The van der Waals surface area contributed by atoms with Crippen LogP contribution in [0.2, 0.25) is 0 Å². The number of halogens is 1. The Morgan fingerprint density at radius 2 is 1.81 bits per heavy atom. The summed E-state index contributed by atoms with van der Waals surface area (Å²) in [7, 11) is 0. The van der Waals surface area contributed by atoms with Crippen LogP contribution in [0, 0.1) is 5.82 Å². The number of nitrogens with two attached hydrogens (primary N) is 1. The topological polar surface area (TPSA) is 38.9 Å². The highest BCUT2D eigenvalue weighted by Crippen LogP contribution is 2.25. The summed E-state index contributed by atoms with van der Waals surface area (Å²) in [6.07, 6.45) is 3.50. The van der Waals surface area contributed by atoms with E-state index in [2.05, 4.69) is 11.9 Å². The van der Waals surface area contributed by atoms with E-state index < -0.39 is 0 Å². The zero-order valence-corrected chi connectivity index (χ0v) is 9.02. The third-order valence-corrected chi connectivity index (χ3v) is 2.73. The van der Waals surface area contributed by atoms with Crippen LogP contribution in [0.25, 0.3) is 0 Å². The van der Waals surface area contributed by atoms with E-state index in [0.717, 1.165) is 11.1 Å². The Balaban J connectivity index is 2.34. The monoisotopic (exact) mass is 216 g/mol. The van der Waals surface area contributed by atoms with Crippen LogP contribution in [-0.2, 0) is 0 Å². The first-order valence-corrected chi connectivity index (χ1v) is 5.13. The maximum absolute atomic E-state index is 13.0. The molecule has 0 bridgehead atoms. The summed E-state index contributed by atoms with van der Waals surface area (Å²) >= 11 is 0. The third-order valence-electron chi connectivity index (χ3n) is 2.73. The van der Waals surface area contributed by atoms with Gasteiger partial charge in [-0.05, 0) is 35.4 Å². The van der Waals surface area contributed by atoms with Crippen LogP contribution < -0.4 is 5.73 Å². The summed E-state index contributed by atoms with van der Waals surface area (Å²) in [5, 5.41) is 0. The zero-order valence-electron chi connectivity index (χ0n) is 9.02. The van der Waals surface area contributed by atoms with Gasteiger partial charge in [0.2, 0.25) is 0 Å². The number of nitrogens with zero attached hydrogens (tertiary/aromatic N) is 1. The van der Waals surface area contributed by atoms with Crippen LogP contribution in [0.15, 0.2) is 42.7 Å². The molecule has 0 radical (unpaired) electrons. The summed E-state index contributed by atoms with van der Waals surface area (Å²) in [6, 6.07) is 8.74. The number of aromatic nitrogens is 1. The van der Waals surface area contributed by atoms with E-state index in [0.29, 0.717) is 0 Å². The minimum absolute atomic E-state index is 0.186. The van der Waals surface area contributed by atoms with E-state index in [1.807, 2.05) is 12.1 Å². The largest absolute Gasteiger partial charge is 0.396 e. The van der Waals surface area contributed by atoms with E-state index >= 15 is 0 Å². The molecule has 1 unspecified atom stereocenters. The van der Waals surface area contributed by atoms with Crippen LogP contribution >= 0.6 is 0 Å². The molecule has 0 spiro atoms. The minimum atomic E-state index is -0.370. The highest BCUT2D eigenvalue weighted by Gasteiger charge is 2.09. The number of anilines is 1. The molecule has 0 aliphatic heterocycles. The molecule has 16 heavy (non-hydrogen) atoms. The fourth-order valence-corrected chi connectivity index (χ4v) is 1.68. The van der Waals surface area contributed by atoms with Crippen molar-refractivity contribution in [1.29, 1.82) is 0 Å². The number of rotatable bonds is 2. The first-order valence-electron chi connectivity index (χ1n) is 5.13. The summed E-state index contributed by atoms with van der Waals surface area (Å²) < 4.78 is 13.0. The van der Waals surface area contributed by atoms with Crippen molar-refractivity contribution < 1.29 is 4.39 Å². The van der Waals surface area contributed by atoms with Crippen LogP contribution in [0.5, 0.6) is 0 Å². The lowest BCUT2D eigenvalue weighted by molar-refractivity contribution is 0.631. The predicted octanol–water partition coefficient (Wildman–Crippen LogP) is 2.95. The lowest BCUT2D eigenvalue weighted by Gasteiger charge is -2.12. The van der Waals surface area contributed by atoms with E-state index in [1.54, 1.807) is 24.5 Å². The number of benzene rings is 1. The van der Waals surface area contributed by atoms with Crippen molar-refractivity contribution in [3.63, 3.8) is 0 Å². The molecule has 2 rings (SSSR count). The van der Waals surface area contributed by atoms with Crippen molar-refractivity contribution in [3.05, 3.63) is 59.7 Å². The molecular formula is C13H13FN2. The number of nitrogen functional groups attached to an aromatic ring is 1. The lowest BCUT2D eigenvalue weighted by atomic mass is 9.94. The molecule has 1 aromatic carbocycles. The lowest BCUT2D eigenvalue weighted by Crippen LogP contribution is -1.99. The summed E-state index contributed by atoms with van der Waals surface area (Å²) in [4.78, 5) is 3.97. The van der Waals surface area contributed by atoms with Gasteiger partial charge in [-0.3, -0.25) is 4.98 Å². The predicted molar refractivity (Wildman–Crippen MR) is 62.6 cm³/mol. The Hall–Kier alpha value is -1.90. The first-order chi connectivity index (χ1) is 7.68. The summed E-state index contributed by atoms with van der Waals surface area (Å²) in [6.45, 7) is 2.06. The molecule has 0 amide bonds. The maximum Gasteiger partial charge on any atom is 0.146 e. The second-order valence-electron chi connectivity index (χ2n) is 3.78. The molecule has 0 aliphatic carbocycles. The van der Waals surface area contributed by atoms with E-state index in [1.165, 1.54) is 6.07 Å². The van der Waals surface area contributed by atoms with Gasteiger partial charge in [-0.1, -0.05) is 13.0 Å². The van der Waals surface area contributed by atoms with Gasteiger partial charge in [0, 0.05) is 18.3 Å². The van der Waals surface area contributed by atoms with Gasteiger partial charge in [0.05, 0.1) is 5.69 Å².